The van der Waals surface area contributed by atoms with Gasteiger partial charge in [0.15, 0.2) is 18.1 Å². The highest BCUT2D eigenvalue weighted by molar-refractivity contribution is 5.92. The van der Waals surface area contributed by atoms with Gasteiger partial charge in [0.1, 0.15) is 5.75 Å². The molecule has 1 amide bonds. The van der Waals surface area contributed by atoms with Crippen LogP contribution in [0.2, 0.25) is 0 Å². The second-order valence-electron chi connectivity index (χ2n) is 6.95. The second-order valence-corrected chi connectivity index (χ2v) is 6.95. The van der Waals surface area contributed by atoms with E-state index >= 15 is 0 Å². The topological polar surface area (TPSA) is 95.7 Å². The van der Waals surface area contributed by atoms with Crippen LogP contribution in [0.1, 0.15) is 6.92 Å². The van der Waals surface area contributed by atoms with Gasteiger partial charge in [0.2, 0.25) is 5.82 Å². The maximum Gasteiger partial charge on any atom is 0.262 e. The normalized spacial score (nSPS) is 10.5. The maximum absolute atomic E-state index is 12.3. The third-order valence-corrected chi connectivity index (χ3v) is 4.68. The van der Waals surface area contributed by atoms with Gasteiger partial charge in [-0.25, -0.2) is 0 Å². The molecule has 0 saturated carbocycles. The molecule has 4 rings (SSSR count). The minimum absolute atomic E-state index is 0.175. The fourth-order valence-electron chi connectivity index (χ4n) is 3.09. The maximum atomic E-state index is 12.3. The number of carbonyl (C=O) groups excluding carboxylic acids is 1. The summed E-state index contributed by atoms with van der Waals surface area (Å²) in [6.07, 6.45) is 0. The van der Waals surface area contributed by atoms with Gasteiger partial charge in [-0.15, -0.1) is 0 Å². The van der Waals surface area contributed by atoms with Gasteiger partial charge in [0.25, 0.3) is 11.8 Å². The summed E-state index contributed by atoms with van der Waals surface area (Å²) in [6, 6.07) is 21.9. The molecule has 0 spiro atoms. The lowest BCUT2D eigenvalue weighted by atomic mass is 10.2. The number of nitrogens with one attached hydrogen (secondary N) is 1. The van der Waals surface area contributed by atoms with E-state index in [1.807, 2.05) is 37.3 Å². The van der Waals surface area contributed by atoms with Gasteiger partial charge in [0.05, 0.1) is 13.7 Å². The molecular formula is C25H23N3O5. The summed E-state index contributed by atoms with van der Waals surface area (Å²) in [6.45, 7) is 2.12. The SMILES string of the molecule is CCOc1cc(-c2noc(-c3ccccc3)n2)ccc1OCC(=O)Nc1ccc(OC)cc1. The standard InChI is InChI=1S/C25H23N3O5/c1-3-31-22-15-18(24-27-25(33-28-24)17-7-5-4-6-8-17)9-14-21(22)32-16-23(29)26-19-10-12-20(30-2)13-11-19/h4-15H,3,16H2,1-2H3,(H,26,29). The van der Waals surface area contributed by atoms with Gasteiger partial charge in [-0.3, -0.25) is 4.79 Å². The van der Waals surface area contributed by atoms with E-state index in [1.165, 1.54) is 0 Å². The summed E-state index contributed by atoms with van der Waals surface area (Å²) in [7, 11) is 1.59. The summed E-state index contributed by atoms with van der Waals surface area (Å²) in [5, 5.41) is 6.85. The first kappa shape index (κ1) is 21.9. The van der Waals surface area contributed by atoms with E-state index in [4.69, 9.17) is 18.7 Å². The average Bonchev–Trinajstić information content (AvgIpc) is 3.35. The van der Waals surface area contributed by atoms with Crippen LogP contribution in [0.5, 0.6) is 17.2 Å². The van der Waals surface area contributed by atoms with Gasteiger partial charge < -0.3 is 24.1 Å². The molecule has 1 N–H and O–H groups in total. The Kier molecular flexibility index (Phi) is 6.84. The molecule has 8 heteroatoms. The Morgan fingerprint density at radius 1 is 0.939 bits per heavy atom. The van der Waals surface area contributed by atoms with Gasteiger partial charge in [-0.2, -0.15) is 4.98 Å². The lowest BCUT2D eigenvalue weighted by Crippen LogP contribution is -2.20. The van der Waals surface area contributed by atoms with Crippen molar-refractivity contribution in [3.05, 3.63) is 72.8 Å². The molecule has 3 aromatic carbocycles. The van der Waals surface area contributed by atoms with Crippen LogP contribution in [0.15, 0.2) is 77.3 Å². The van der Waals surface area contributed by atoms with Crippen molar-refractivity contribution in [2.75, 3.05) is 25.6 Å². The largest absolute Gasteiger partial charge is 0.497 e. The zero-order chi connectivity index (χ0) is 23.0. The summed E-state index contributed by atoms with van der Waals surface area (Å²) < 4.78 is 21.9. The number of hydrogen-bond donors (Lipinski definition) is 1. The van der Waals surface area contributed by atoms with E-state index in [-0.39, 0.29) is 12.5 Å². The van der Waals surface area contributed by atoms with Crippen LogP contribution >= 0.6 is 0 Å². The van der Waals surface area contributed by atoms with Crippen molar-refractivity contribution in [2.45, 2.75) is 6.92 Å². The minimum atomic E-state index is -0.294. The fourth-order valence-corrected chi connectivity index (χ4v) is 3.09. The molecule has 0 radical (unpaired) electrons. The van der Waals surface area contributed by atoms with Crippen LogP contribution in [0, 0.1) is 0 Å². The highest BCUT2D eigenvalue weighted by atomic mass is 16.5. The van der Waals surface area contributed by atoms with Gasteiger partial charge in [-0.05, 0) is 61.5 Å². The molecule has 1 aromatic heterocycles. The van der Waals surface area contributed by atoms with Crippen molar-refractivity contribution in [1.82, 2.24) is 10.1 Å². The Bertz CT molecular complexity index is 1210. The molecule has 0 bridgehead atoms. The first-order valence-corrected chi connectivity index (χ1v) is 10.4. The van der Waals surface area contributed by atoms with Crippen LogP contribution in [0.4, 0.5) is 5.69 Å². The number of ether oxygens (including phenoxy) is 3. The number of benzene rings is 3. The molecule has 0 atom stereocenters. The van der Waals surface area contributed by atoms with E-state index in [9.17, 15) is 4.79 Å². The van der Waals surface area contributed by atoms with E-state index < -0.39 is 0 Å². The second kappa shape index (κ2) is 10.3. The van der Waals surface area contributed by atoms with Crippen LogP contribution in [-0.2, 0) is 4.79 Å². The van der Waals surface area contributed by atoms with Crippen LogP contribution in [0.25, 0.3) is 22.8 Å². The number of anilines is 1. The summed E-state index contributed by atoms with van der Waals surface area (Å²) in [5.74, 6) is 2.20. The molecule has 0 fully saturated rings. The monoisotopic (exact) mass is 445 g/mol. The van der Waals surface area contributed by atoms with Crippen molar-refractivity contribution in [3.63, 3.8) is 0 Å². The molecule has 1 heterocycles. The van der Waals surface area contributed by atoms with Gasteiger partial charge in [0, 0.05) is 16.8 Å². The fraction of sp³-hybridized carbons (Fsp3) is 0.160. The van der Waals surface area contributed by atoms with Gasteiger partial charge in [-0.1, -0.05) is 23.4 Å². The molecule has 168 valence electrons. The number of nitrogens with zero attached hydrogens (tertiary/aromatic N) is 2. The number of aromatic nitrogens is 2. The number of hydrogen-bond acceptors (Lipinski definition) is 7. The smallest absolute Gasteiger partial charge is 0.262 e. The van der Waals surface area contributed by atoms with Crippen LogP contribution in [-0.4, -0.2) is 36.4 Å². The summed E-state index contributed by atoms with van der Waals surface area (Å²) >= 11 is 0. The zero-order valence-corrected chi connectivity index (χ0v) is 18.3. The quantitative estimate of drug-likeness (QED) is 0.394. The van der Waals surface area contributed by atoms with E-state index in [1.54, 1.807) is 49.6 Å². The molecule has 0 unspecified atom stereocenters. The molecular weight excluding hydrogens is 422 g/mol. The Hall–Kier alpha value is -4.33. The van der Waals surface area contributed by atoms with Crippen molar-refractivity contribution >= 4 is 11.6 Å². The van der Waals surface area contributed by atoms with Gasteiger partial charge >= 0.3 is 0 Å². The zero-order valence-electron chi connectivity index (χ0n) is 18.3. The molecule has 0 aliphatic carbocycles. The van der Waals surface area contributed by atoms with Crippen molar-refractivity contribution < 1.29 is 23.5 Å². The number of rotatable bonds is 9. The molecule has 0 aliphatic heterocycles. The minimum Gasteiger partial charge on any atom is -0.497 e. The summed E-state index contributed by atoms with van der Waals surface area (Å²) in [5.41, 5.74) is 2.19. The lowest BCUT2D eigenvalue weighted by molar-refractivity contribution is -0.118. The summed E-state index contributed by atoms with van der Waals surface area (Å²) in [4.78, 5) is 16.8. The molecule has 8 nitrogen and oxygen atoms in total. The predicted octanol–water partition coefficient (Wildman–Crippen LogP) is 4.83. The Morgan fingerprint density at radius 2 is 1.73 bits per heavy atom. The Balaban J connectivity index is 1.44. The number of amides is 1. The van der Waals surface area contributed by atoms with Crippen molar-refractivity contribution in [1.29, 1.82) is 0 Å². The third-order valence-electron chi connectivity index (χ3n) is 4.68. The van der Waals surface area contributed by atoms with Crippen molar-refractivity contribution in [2.24, 2.45) is 0 Å². The third kappa shape index (κ3) is 5.48. The lowest BCUT2D eigenvalue weighted by Gasteiger charge is -2.13. The van der Waals surface area contributed by atoms with E-state index in [0.29, 0.717) is 46.8 Å². The van der Waals surface area contributed by atoms with E-state index in [0.717, 1.165) is 5.56 Å². The number of carbonyl (C=O) groups is 1. The molecule has 4 aromatic rings. The molecule has 33 heavy (non-hydrogen) atoms. The highest BCUT2D eigenvalue weighted by Crippen LogP contribution is 2.32. The number of methoxy groups -OCH3 is 1. The van der Waals surface area contributed by atoms with Crippen molar-refractivity contribution in [3.8, 4) is 40.1 Å². The molecule has 0 aliphatic rings. The van der Waals surface area contributed by atoms with Crippen LogP contribution in [0.3, 0.4) is 0 Å². The predicted molar refractivity (Wildman–Crippen MR) is 123 cm³/mol. The van der Waals surface area contributed by atoms with Crippen LogP contribution < -0.4 is 19.5 Å². The first-order chi connectivity index (χ1) is 16.2. The highest BCUT2D eigenvalue weighted by Gasteiger charge is 2.15. The van der Waals surface area contributed by atoms with E-state index in [2.05, 4.69) is 15.5 Å². The first-order valence-electron chi connectivity index (χ1n) is 10.4. The Morgan fingerprint density at radius 3 is 2.45 bits per heavy atom. The molecule has 0 saturated heterocycles. The Labute approximate surface area is 191 Å². The average molecular weight is 445 g/mol.